The smallest absolute Gasteiger partial charge is 0.320 e. The number of rotatable bonds is 7. The maximum absolute atomic E-state index is 12.5. The fraction of sp³-hybridized carbons (Fsp3) is 0.538. The average Bonchev–Trinajstić information content (AvgIpc) is 3.23. The molecule has 10 heteroatoms. The van der Waals surface area contributed by atoms with Crippen molar-refractivity contribution in [2.24, 2.45) is 15.7 Å². The molecule has 0 radical (unpaired) electrons. The van der Waals surface area contributed by atoms with Crippen molar-refractivity contribution in [3.8, 4) is 0 Å². The van der Waals surface area contributed by atoms with Crippen LogP contribution in [0.15, 0.2) is 45.8 Å². The Kier molecular flexibility index (Phi) is 8.25. The monoisotopic (exact) mass is 494 g/mol. The highest BCUT2D eigenvalue weighted by Crippen LogP contribution is 2.27. The summed E-state index contributed by atoms with van der Waals surface area (Å²) in [5, 5.41) is 6.64. The highest BCUT2D eigenvalue weighted by molar-refractivity contribution is 5.94. The molecule has 0 aliphatic carbocycles. The van der Waals surface area contributed by atoms with Crippen LogP contribution in [-0.2, 0) is 4.79 Å². The van der Waals surface area contributed by atoms with Gasteiger partial charge in [0.25, 0.3) is 5.91 Å². The van der Waals surface area contributed by atoms with Gasteiger partial charge in [-0.1, -0.05) is 12.1 Å². The van der Waals surface area contributed by atoms with Crippen LogP contribution in [0, 0.1) is 0 Å². The van der Waals surface area contributed by atoms with Gasteiger partial charge in [-0.3, -0.25) is 9.79 Å². The Bertz CT molecular complexity index is 1030. The van der Waals surface area contributed by atoms with E-state index in [1.807, 2.05) is 31.0 Å². The SMILES string of the molecule is C=N/C(C(N)=O)=C(\N=C(C)N1CCC[C@@H](N2CCN(C)C2=O)C1)Nc1ccc(C2CCNCC2)cc1. The molecule has 3 amide bonds. The van der Waals surface area contributed by atoms with Crippen LogP contribution in [0.25, 0.3) is 0 Å². The second-order valence-corrected chi connectivity index (χ2v) is 9.79. The Hall–Kier alpha value is -3.40. The van der Waals surface area contributed by atoms with Crippen LogP contribution in [0.4, 0.5) is 10.5 Å². The molecular formula is C26H38N8O2. The van der Waals surface area contributed by atoms with Gasteiger partial charge < -0.3 is 31.1 Å². The number of anilines is 1. The highest BCUT2D eigenvalue weighted by Gasteiger charge is 2.34. The van der Waals surface area contributed by atoms with E-state index < -0.39 is 5.91 Å². The maximum Gasteiger partial charge on any atom is 0.320 e. The van der Waals surface area contributed by atoms with E-state index in [1.165, 1.54) is 5.56 Å². The molecule has 3 aliphatic heterocycles. The number of likely N-dealkylation sites (tertiary alicyclic amines) is 1. The summed E-state index contributed by atoms with van der Waals surface area (Å²) in [6.45, 7) is 10.5. The number of carbonyl (C=O) groups is 2. The summed E-state index contributed by atoms with van der Waals surface area (Å²) >= 11 is 0. The third-order valence-electron chi connectivity index (χ3n) is 7.42. The number of aliphatic imine (C=N–C) groups is 2. The number of likely N-dealkylation sites (N-methyl/N-ethyl adjacent to an activating group) is 1. The van der Waals surface area contributed by atoms with Crippen molar-refractivity contribution in [3.05, 3.63) is 41.3 Å². The molecule has 0 spiro atoms. The van der Waals surface area contributed by atoms with Crippen LogP contribution in [0.5, 0.6) is 0 Å². The first-order valence-corrected chi connectivity index (χ1v) is 12.8. The predicted molar refractivity (Wildman–Crippen MR) is 143 cm³/mol. The number of piperidine rings is 2. The van der Waals surface area contributed by atoms with Crippen LogP contribution in [0.1, 0.15) is 44.1 Å². The summed E-state index contributed by atoms with van der Waals surface area (Å²) < 4.78 is 0. The topological polar surface area (TPSA) is 119 Å². The zero-order chi connectivity index (χ0) is 25.7. The van der Waals surface area contributed by atoms with E-state index in [1.54, 1.807) is 4.90 Å². The second kappa shape index (κ2) is 11.6. The van der Waals surface area contributed by atoms with E-state index in [2.05, 4.69) is 39.4 Å². The number of nitrogens with zero attached hydrogens (tertiary/aromatic N) is 5. The van der Waals surface area contributed by atoms with E-state index in [0.29, 0.717) is 12.5 Å². The minimum Gasteiger partial charge on any atom is -0.364 e. The average molecular weight is 495 g/mol. The predicted octanol–water partition coefficient (Wildman–Crippen LogP) is 2.17. The summed E-state index contributed by atoms with van der Waals surface area (Å²) in [6, 6.07) is 8.46. The largest absolute Gasteiger partial charge is 0.364 e. The molecule has 0 aromatic heterocycles. The van der Waals surface area contributed by atoms with Crippen molar-refractivity contribution in [2.45, 2.75) is 44.6 Å². The number of amides is 3. The summed E-state index contributed by atoms with van der Waals surface area (Å²) in [6.07, 6.45) is 4.18. The van der Waals surface area contributed by atoms with E-state index in [4.69, 9.17) is 10.7 Å². The molecule has 10 nitrogen and oxygen atoms in total. The molecule has 194 valence electrons. The number of amidine groups is 1. The van der Waals surface area contributed by atoms with Gasteiger partial charge in [-0.15, -0.1) is 0 Å². The molecule has 0 bridgehead atoms. The first kappa shape index (κ1) is 25.7. The Morgan fingerprint density at radius 1 is 1.14 bits per heavy atom. The van der Waals surface area contributed by atoms with Gasteiger partial charge in [-0.25, -0.2) is 9.79 Å². The summed E-state index contributed by atoms with van der Waals surface area (Å²) in [5.74, 6) is 0.859. The van der Waals surface area contributed by atoms with Gasteiger partial charge in [0, 0.05) is 38.9 Å². The summed E-state index contributed by atoms with van der Waals surface area (Å²) in [7, 11) is 1.84. The zero-order valence-electron chi connectivity index (χ0n) is 21.4. The van der Waals surface area contributed by atoms with Gasteiger partial charge in [0.15, 0.2) is 11.5 Å². The molecule has 3 fully saturated rings. The molecule has 1 aromatic carbocycles. The Morgan fingerprint density at radius 3 is 2.47 bits per heavy atom. The van der Waals surface area contributed by atoms with Crippen molar-refractivity contribution in [3.63, 3.8) is 0 Å². The lowest BCUT2D eigenvalue weighted by atomic mass is 9.90. The van der Waals surface area contributed by atoms with Gasteiger partial charge in [-0.05, 0) is 76.0 Å². The number of carbonyl (C=O) groups excluding carboxylic acids is 2. The van der Waals surface area contributed by atoms with Crippen molar-refractivity contribution in [1.29, 1.82) is 0 Å². The molecule has 1 atom stereocenters. The van der Waals surface area contributed by atoms with Gasteiger partial charge in [0.05, 0.1) is 6.04 Å². The lowest BCUT2D eigenvalue weighted by Crippen LogP contribution is -2.50. The number of primary amides is 1. The lowest BCUT2D eigenvalue weighted by molar-refractivity contribution is -0.114. The molecular weight excluding hydrogens is 456 g/mol. The molecule has 1 aromatic rings. The Balaban J connectivity index is 1.52. The number of hydrogen-bond donors (Lipinski definition) is 3. The van der Waals surface area contributed by atoms with Gasteiger partial charge in [0.1, 0.15) is 5.84 Å². The lowest BCUT2D eigenvalue weighted by Gasteiger charge is -2.38. The minimum atomic E-state index is -0.697. The van der Waals surface area contributed by atoms with Crippen molar-refractivity contribution >= 4 is 30.2 Å². The minimum absolute atomic E-state index is 0.0123. The van der Waals surface area contributed by atoms with Crippen LogP contribution in [0.3, 0.4) is 0 Å². The van der Waals surface area contributed by atoms with E-state index in [9.17, 15) is 9.59 Å². The molecule has 36 heavy (non-hydrogen) atoms. The molecule has 4 rings (SSSR count). The fourth-order valence-electron chi connectivity index (χ4n) is 5.28. The highest BCUT2D eigenvalue weighted by atomic mass is 16.2. The molecule has 3 heterocycles. The fourth-order valence-corrected chi connectivity index (χ4v) is 5.28. The molecule has 3 aliphatic rings. The molecule has 0 saturated carbocycles. The summed E-state index contributed by atoms with van der Waals surface area (Å²) in [4.78, 5) is 39.1. The maximum atomic E-state index is 12.5. The Labute approximate surface area is 213 Å². The van der Waals surface area contributed by atoms with Gasteiger partial charge in [0.2, 0.25) is 0 Å². The quantitative estimate of drug-likeness (QED) is 0.305. The van der Waals surface area contributed by atoms with Crippen molar-refractivity contribution in [1.82, 2.24) is 20.0 Å². The van der Waals surface area contributed by atoms with Crippen LogP contribution < -0.4 is 16.4 Å². The standard InChI is InChI=1S/C26H38N8O2/c1-18(33-14-4-5-22(17-33)34-16-15-32(3)26(34)36)30-25(23(28-2)24(27)35)31-21-8-6-19(7-9-21)20-10-12-29-13-11-20/h6-9,20,22,29,31H,2,4-5,10-17H2,1,3H3,(H2,27,35)/b25-23+,30-18?/t22-/m1/s1. The van der Waals surface area contributed by atoms with Crippen molar-refractivity contribution < 1.29 is 9.59 Å². The van der Waals surface area contributed by atoms with E-state index in [-0.39, 0.29) is 23.6 Å². The van der Waals surface area contributed by atoms with Crippen LogP contribution in [0.2, 0.25) is 0 Å². The van der Waals surface area contributed by atoms with E-state index >= 15 is 0 Å². The molecule has 0 unspecified atom stereocenters. The van der Waals surface area contributed by atoms with Gasteiger partial charge >= 0.3 is 6.03 Å². The van der Waals surface area contributed by atoms with Crippen LogP contribution >= 0.6 is 0 Å². The number of benzene rings is 1. The first-order valence-electron chi connectivity index (χ1n) is 12.8. The molecule has 3 saturated heterocycles. The third-order valence-corrected chi connectivity index (χ3v) is 7.42. The zero-order valence-corrected chi connectivity index (χ0v) is 21.4. The second-order valence-electron chi connectivity index (χ2n) is 9.79. The van der Waals surface area contributed by atoms with Crippen molar-refractivity contribution in [2.75, 3.05) is 51.6 Å². The number of hydrogen-bond acceptors (Lipinski definition) is 6. The number of nitrogens with one attached hydrogen (secondary N) is 2. The number of nitrogens with two attached hydrogens (primary N) is 1. The number of urea groups is 1. The normalized spacial score (nSPS) is 22.5. The van der Waals surface area contributed by atoms with E-state index in [0.717, 1.165) is 69.9 Å². The van der Waals surface area contributed by atoms with Gasteiger partial charge in [-0.2, -0.15) is 0 Å². The molecule has 4 N–H and O–H groups in total. The van der Waals surface area contributed by atoms with Crippen LogP contribution in [-0.4, -0.2) is 91.5 Å². The third kappa shape index (κ3) is 5.87. The Morgan fingerprint density at radius 2 is 1.86 bits per heavy atom. The summed E-state index contributed by atoms with van der Waals surface area (Å²) in [5.41, 5.74) is 7.70. The first-order chi connectivity index (χ1) is 17.4.